The number of carboxylic acids is 1. The molecule has 1 amide bonds. The number of rotatable bonds is 3. The zero-order chi connectivity index (χ0) is 14.5. The minimum absolute atomic E-state index is 0.00103. The lowest BCUT2D eigenvalue weighted by molar-refractivity contribution is -0.147. The number of nitrogens with zero attached hydrogens (tertiary/aromatic N) is 2. The molecule has 0 bridgehead atoms. The first-order valence-electron chi connectivity index (χ1n) is 6.21. The van der Waals surface area contributed by atoms with Crippen LogP contribution in [0, 0.1) is 11.3 Å². The molecule has 6 nitrogen and oxygen atoms in total. The summed E-state index contributed by atoms with van der Waals surface area (Å²) in [7, 11) is 0. The van der Waals surface area contributed by atoms with Crippen molar-refractivity contribution in [3.05, 3.63) is 35.4 Å². The number of benzene rings is 1. The number of nitriles is 1. The van der Waals surface area contributed by atoms with E-state index in [1.807, 2.05) is 6.07 Å². The highest BCUT2D eigenvalue weighted by Gasteiger charge is 2.33. The van der Waals surface area contributed by atoms with E-state index in [1.165, 1.54) is 4.90 Å². The van der Waals surface area contributed by atoms with E-state index in [-0.39, 0.29) is 25.5 Å². The summed E-state index contributed by atoms with van der Waals surface area (Å²) in [5.74, 6) is -1.42. The molecule has 1 heterocycles. The molecule has 20 heavy (non-hydrogen) atoms. The molecule has 1 aliphatic rings. The van der Waals surface area contributed by atoms with Crippen LogP contribution in [0.5, 0.6) is 0 Å². The van der Waals surface area contributed by atoms with Crippen molar-refractivity contribution in [2.45, 2.75) is 12.5 Å². The molecule has 0 radical (unpaired) electrons. The molecular weight excluding hydrogens is 260 g/mol. The first kappa shape index (κ1) is 14.0. The Bertz CT molecular complexity index is 565. The zero-order valence-corrected chi connectivity index (χ0v) is 10.8. The van der Waals surface area contributed by atoms with Gasteiger partial charge in [0.1, 0.15) is 0 Å². The van der Waals surface area contributed by atoms with Gasteiger partial charge in [0, 0.05) is 12.1 Å². The van der Waals surface area contributed by atoms with E-state index in [2.05, 4.69) is 0 Å². The van der Waals surface area contributed by atoms with E-state index in [1.54, 1.807) is 24.3 Å². The van der Waals surface area contributed by atoms with Crippen LogP contribution in [0.1, 0.15) is 15.9 Å². The highest BCUT2D eigenvalue weighted by atomic mass is 16.5. The highest BCUT2D eigenvalue weighted by Crippen LogP contribution is 2.14. The zero-order valence-electron chi connectivity index (χ0n) is 10.8. The van der Waals surface area contributed by atoms with Crippen molar-refractivity contribution in [3.63, 3.8) is 0 Å². The van der Waals surface area contributed by atoms with Gasteiger partial charge in [-0.2, -0.15) is 5.26 Å². The summed E-state index contributed by atoms with van der Waals surface area (Å²) in [5.41, 5.74) is 1.13. The maximum atomic E-state index is 12.4. The Morgan fingerprint density at radius 1 is 1.50 bits per heavy atom. The molecule has 1 N–H and O–H groups in total. The van der Waals surface area contributed by atoms with Gasteiger partial charge in [-0.25, -0.2) is 4.79 Å². The maximum absolute atomic E-state index is 12.4. The molecule has 0 aromatic heterocycles. The second-order valence-corrected chi connectivity index (χ2v) is 4.46. The Kier molecular flexibility index (Phi) is 4.33. The molecule has 1 aliphatic heterocycles. The van der Waals surface area contributed by atoms with E-state index >= 15 is 0 Å². The fourth-order valence-electron chi connectivity index (χ4n) is 2.12. The van der Waals surface area contributed by atoms with E-state index in [0.717, 1.165) is 5.56 Å². The largest absolute Gasteiger partial charge is 0.480 e. The van der Waals surface area contributed by atoms with Crippen molar-refractivity contribution in [2.24, 2.45) is 0 Å². The Morgan fingerprint density at radius 2 is 2.30 bits per heavy atom. The lowest BCUT2D eigenvalue weighted by Crippen LogP contribution is -2.52. The fourth-order valence-corrected chi connectivity index (χ4v) is 2.12. The van der Waals surface area contributed by atoms with E-state index in [9.17, 15) is 9.59 Å². The van der Waals surface area contributed by atoms with Gasteiger partial charge in [0.15, 0.2) is 6.04 Å². The van der Waals surface area contributed by atoms with E-state index < -0.39 is 12.0 Å². The van der Waals surface area contributed by atoms with E-state index in [0.29, 0.717) is 12.2 Å². The number of ether oxygens (including phenoxy) is 1. The van der Waals surface area contributed by atoms with Crippen molar-refractivity contribution >= 4 is 11.9 Å². The van der Waals surface area contributed by atoms with Crippen LogP contribution in [0.15, 0.2) is 24.3 Å². The van der Waals surface area contributed by atoms with Gasteiger partial charge in [-0.05, 0) is 17.7 Å². The summed E-state index contributed by atoms with van der Waals surface area (Å²) in [4.78, 5) is 24.9. The van der Waals surface area contributed by atoms with Crippen LogP contribution in [0.3, 0.4) is 0 Å². The molecular formula is C14H14N2O4. The SMILES string of the molecule is N#CCc1cccc(C(=O)N2CCOC[C@@H]2C(=O)O)c1. The standard InChI is InChI=1S/C14H14N2O4/c15-5-4-10-2-1-3-11(8-10)13(17)16-6-7-20-9-12(16)14(18)19/h1-3,8,12H,4,6-7,9H2,(H,18,19)/t12-/m1/s1. The fraction of sp³-hybridized carbons (Fsp3) is 0.357. The average molecular weight is 274 g/mol. The molecule has 104 valence electrons. The second kappa shape index (κ2) is 6.17. The van der Waals surface area contributed by atoms with Gasteiger partial charge in [-0.3, -0.25) is 4.79 Å². The lowest BCUT2D eigenvalue weighted by atomic mass is 10.1. The lowest BCUT2D eigenvalue weighted by Gasteiger charge is -2.32. The smallest absolute Gasteiger partial charge is 0.328 e. The van der Waals surface area contributed by atoms with Crippen LogP contribution in [0.25, 0.3) is 0 Å². The number of morpholine rings is 1. The van der Waals surface area contributed by atoms with Crippen LogP contribution in [-0.2, 0) is 16.0 Å². The van der Waals surface area contributed by atoms with Crippen LogP contribution < -0.4 is 0 Å². The summed E-state index contributed by atoms with van der Waals surface area (Å²) in [6.07, 6.45) is 0.215. The second-order valence-electron chi connectivity index (χ2n) is 4.46. The minimum Gasteiger partial charge on any atom is -0.480 e. The topological polar surface area (TPSA) is 90.6 Å². The third-order valence-electron chi connectivity index (χ3n) is 3.13. The van der Waals surface area contributed by atoms with Crippen LogP contribution in [0.4, 0.5) is 0 Å². The van der Waals surface area contributed by atoms with Crippen molar-refractivity contribution in [2.75, 3.05) is 19.8 Å². The van der Waals surface area contributed by atoms with Gasteiger partial charge in [0.25, 0.3) is 5.91 Å². The first-order valence-corrected chi connectivity index (χ1v) is 6.21. The van der Waals surface area contributed by atoms with Gasteiger partial charge >= 0.3 is 5.97 Å². The normalized spacial score (nSPS) is 18.4. The molecule has 1 aromatic carbocycles. The van der Waals surface area contributed by atoms with Gasteiger partial charge in [0.05, 0.1) is 25.7 Å². The van der Waals surface area contributed by atoms with Crippen LogP contribution >= 0.6 is 0 Å². The molecule has 1 saturated heterocycles. The van der Waals surface area contributed by atoms with Crippen LogP contribution in [0.2, 0.25) is 0 Å². The summed E-state index contributed by atoms with van der Waals surface area (Å²) < 4.78 is 5.10. The Hall–Kier alpha value is -2.39. The summed E-state index contributed by atoms with van der Waals surface area (Å²) >= 11 is 0. The number of carboxylic acid groups (broad SMARTS) is 1. The van der Waals surface area contributed by atoms with Crippen molar-refractivity contribution < 1.29 is 19.4 Å². The van der Waals surface area contributed by atoms with Gasteiger partial charge in [-0.1, -0.05) is 12.1 Å². The monoisotopic (exact) mass is 274 g/mol. The predicted molar refractivity (Wildman–Crippen MR) is 69.0 cm³/mol. The molecule has 2 rings (SSSR count). The number of amides is 1. The summed E-state index contributed by atoms with van der Waals surface area (Å²) in [6, 6.07) is 7.75. The third kappa shape index (κ3) is 2.95. The molecule has 0 spiro atoms. The molecule has 1 fully saturated rings. The molecule has 6 heteroatoms. The average Bonchev–Trinajstić information content (AvgIpc) is 2.47. The van der Waals surface area contributed by atoms with Gasteiger partial charge in [0.2, 0.25) is 0 Å². The van der Waals surface area contributed by atoms with Gasteiger partial charge in [-0.15, -0.1) is 0 Å². The van der Waals surface area contributed by atoms with E-state index in [4.69, 9.17) is 15.1 Å². The molecule has 1 atom stereocenters. The molecule has 0 saturated carbocycles. The predicted octanol–water partition coefficient (Wildman–Crippen LogP) is 0.678. The van der Waals surface area contributed by atoms with Crippen LogP contribution in [-0.4, -0.2) is 47.7 Å². The van der Waals surface area contributed by atoms with Crippen molar-refractivity contribution in [1.82, 2.24) is 4.90 Å². The highest BCUT2D eigenvalue weighted by molar-refractivity contribution is 5.97. The molecule has 0 aliphatic carbocycles. The number of hydrogen-bond acceptors (Lipinski definition) is 4. The first-order chi connectivity index (χ1) is 9.63. The Morgan fingerprint density at radius 3 is 3.00 bits per heavy atom. The Labute approximate surface area is 116 Å². The molecule has 0 unspecified atom stereocenters. The number of aliphatic carboxylic acids is 1. The number of carbonyl (C=O) groups is 2. The Balaban J connectivity index is 2.23. The summed E-state index contributed by atoms with van der Waals surface area (Å²) in [6.45, 7) is 0.574. The minimum atomic E-state index is -1.08. The number of hydrogen-bond donors (Lipinski definition) is 1. The van der Waals surface area contributed by atoms with Crippen molar-refractivity contribution in [3.8, 4) is 6.07 Å². The maximum Gasteiger partial charge on any atom is 0.328 e. The quantitative estimate of drug-likeness (QED) is 0.875. The third-order valence-corrected chi connectivity index (χ3v) is 3.13. The number of carbonyl (C=O) groups excluding carboxylic acids is 1. The summed E-state index contributed by atoms with van der Waals surface area (Å²) in [5, 5.41) is 17.8. The van der Waals surface area contributed by atoms with Crippen molar-refractivity contribution in [1.29, 1.82) is 5.26 Å². The van der Waals surface area contributed by atoms with Gasteiger partial charge < -0.3 is 14.7 Å². The molecule has 1 aromatic rings.